The largest absolute Gasteiger partial charge is 0.508 e. The summed E-state index contributed by atoms with van der Waals surface area (Å²) in [6.07, 6.45) is 4.66. The van der Waals surface area contributed by atoms with E-state index in [1.165, 1.54) is 19.3 Å². The van der Waals surface area contributed by atoms with E-state index in [1.807, 2.05) is 18.2 Å². The first kappa shape index (κ1) is 16.0. The quantitative estimate of drug-likeness (QED) is 0.543. The predicted octanol–water partition coefficient (Wildman–Crippen LogP) is 4.89. The van der Waals surface area contributed by atoms with Crippen LogP contribution < -0.4 is 9.47 Å². The van der Waals surface area contributed by atoms with Crippen LogP contribution in [0, 0.1) is 0 Å². The van der Waals surface area contributed by atoms with Gasteiger partial charge in [0.1, 0.15) is 5.75 Å². The van der Waals surface area contributed by atoms with E-state index in [4.69, 9.17) is 9.47 Å². The third-order valence-corrected chi connectivity index (χ3v) is 3.97. The number of fused-ring (bicyclic) bond motifs is 1. The monoisotopic (exact) mass is 352 g/mol. The highest BCUT2D eigenvalue weighted by molar-refractivity contribution is 9.09. The van der Waals surface area contributed by atoms with Gasteiger partial charge >= 0.3 is 0 Å². The van der Waals surface area contributed by atoms with Crippen molar-refractivity contribution in [2.75, 3.05) is 19.0 Å². The zero-order valence-corrected chi connectivity index (χ0v) is 13.9. The van der Waals surface area contributed by atoms with Crippen LogP contribution in [0.2, 0.25) is 0 Å². The number of aromatic hydroxyl groups is 1. The van der Waals surface area contributed by atoms with Gasteiger partial charge in [-0.2, -0.15) is 0 Å². The van der Waals surface area contributed by atoms with Gasteiger partial charge in [0.2, 0.25) is 0 Å². The van der Waals surface area contributed by atoms with Crippen molar-refractivity contribution in [1.29, 1.82) is 0 Å². The Balaban J connectivity index is 2.04. The number of hydrogen-bond acceptors (Lipinski definition) is 3. The van der Waals surface area contributed by atoms with Crippen molar-refractivity contribution in [2.45, 2.75) is 25.7 Å². The molecule has 0 saturated heterocycles. The van der Waals surface area contributed by atoms with Crippen LogP contribution in [-0.2, 0) is 0 Å². The summed E-state index contributed by atoms with van der Waals surface area (Å²) < 4.78 is 11.3. The second kappa shape index (κ2) is 8.13. The first-order valence-corrected chi connectivity index (χ1v) is 8.37. The van der Waals surface area contributed by atoms with Gasteiger partial charge in [-0.05, 0) is 42.5 Å². The van der Waals surface area contributed by atoms with Gasteiger partial charge in [0.25, 0.3) is 0 Å². The summed E-state index contributed by atoms with van der Waals surface area (Å²) in [5, 5.41) is 12.5. The number of benzene rings is 2. The number of phenols is 1. The molecule has 0 unspecified atom stereocenters. The number of ether oxygens (including phenoxy) is 2. The first-order valence-electron chi connectivity index (χ1n) is 7.24. The number of phenolic OH excluding ortho intramolecular Hbond substituents is 1. The second-order valence-electron chi connectivity index (χ2n) is 4.95. The molecule has 114 valence electrons. The predicted molar refractivity (Wildman–Crippen MR) is 89.9 cm³/mol. The topological polar surface area (TPSA) is 38.7 Å². The van der Waals surface area contributed by atoms with E-state index in [1.54, 1.807) is 19.2 Å². The van der Waals surface area contributed by atoms with Gasteiger partial charge in [-0.25, -0.2) is 0 Å². The minimum atomic E-state index is 0.255. The molecular weight excluding hydrogens is 332 g/mol. The van der Waals surface area contributed by atoms with Crippen LogP contribution in [0.4, 0.5) is 0 Å². The molecule has 1 N–H and O–H groups in total. The highest BCUT2D eigenvalue weighted by Gasteiger charge is 2.09. The number of unbranched alkanes of at least 4 members (excludes halogenated alkanes) is 3. The molecule has 0 aromatic heterocycles. The molecule has 4 heteroatoms. The first-order chi connectivity index (χ1) is 10.3. The fourth-order valence-electron chi connectivity index (χ4n) is 2.33. The number of hydrogen-bond donors (Lipinski definition) is 1. The van der Waals surface area contributed by atoms with Gasteiger partial charge in [0, 0.05) is 10.7 Å². The van der Waals surface area contributed by atoms with Crippen molar-refractivity contribution in [3.05, 3.63) is 30.3 Å². The standard InChI is InChI=1S/C17H21BrO3/c1-20-17-15-8-7-14(19)12-13(15)6-9-16(17)21-11-5-3-2-4-10-18/h6-9,12,19H,2-5,10-11H2,1H3. The third-order valence-electron chi connectivity index (χ3n) is 3.41. The van der Waals surface area contributed by atoms with Crippen LogP contribution in [0.3, 0.4) is 0 Å². The zero-order valence-electron chi connectivity index (χ0n) is 12.3. The lowest BCUT2D eigenvalue weighted by Crippen LogP contribution is -2.00. The lowest BCUT2D eigenvalue weighted by atomic mass is 10.1. The maximum atomic E-state index is 9.53. The Morgan fingerprint density at radius 2 is 1.86 bits per heavy atom. The molecule has 0 atom stereocenters. The Bertz CT molecular complexity index is 584. The van der Waals surface area contributed by atoms with Crippen LogP contribution >= 0.6 is 15.9 Å². The minimum Gasteiger partial charge on any atom is -0.508 e. The maximum absolute atomic E-state index is 9.53. The third kappa shape index (κ3) is 4.27. The number of methoxy groups -OCH3 is 1. The van der Waals surface area contributed by atoms with Crippen LogP contribution in [0.25, 0.3) is 10.8 Å². The molecule has 3 nitrogen and oxygen atoms in total. The molecule has 0 fully saturated rings. The van der Waals surface area contributed by atoms with Gasteiger partial charge in [-0.1, -0.05) is 34.8 Å². The molecule has 2 aromatic rings. The molecular formula is C17H21BrO3. The summed E-state index contributed by atoms with van der Waals surface area (Å²) in [6.45, 7) is 0.697. The van der Waals surface area contributed by atoms with Crippen LogP contribution in [0.15, 0.2) is 30.3 Å². The molecule has 21 heavy (non-hydrogen) atoms. The van der Waals surface area contributed by atoms with Crippen molar-refractivity contribution < 1.29 is 14.6 Å². The van der Waals surface area contributed by atoms with Crippen molar-refractivity contribution in [3.8, 4) is 17.2 Å². The van der Waals surface area contributed by atoms with E-state index < -0.39 is 0 Å². The Morgan fingerprint density at radius 1 is 1.05 bits per heavy atom. The molecule has 0 amide bonds. The lowest BCUT2D eigenvalue weighted by Gasteiger charge is -2.13. The van der Waals surface area contributed by atoms with E-state index in [-0.39, 0.29) is 5.75 Å². The van der Waals surface area contributed by atoms with Crippen LogP contribution in [0.5, 0.6) is 17.2 Å². The normalized spacial score (nSPS) is 10.8. The van der Waals surface area contributed by atoms with Gasteiger partial charge in [-0.15, -0.1) is 0 Å². The molecule has 0 bridgehead atoms. The summed E-state index contributed by atoms with van der Waals surface area (Å²) >= 11 is 3.44. The fraction of sp³-hybridized carbons (Fsp3) is 0.412. The second-order valence-corrected chi connectivity index (χ2v) is 5.75. The Kier molecular flexibility index (Phi) is 6.18. The number of rotatable bonds is 8. The molecule has 0 spiro atoms. The highest BCUT2D eigenvalue weighted by atomic mass is 79.9. The van der Waals surface area contributed by atoms with E-state index >= 15 is 0 Å². The summed E-state index contributed by atoms with van der Waals surface area (Å²) in [6, 6.07) is 9.08. The average Bonchev–Trinajstić information content (AvgIpc) is 2.50. The highest BCUT2D eigenvalue weighted by Crippen LogP contribution is 2.36. The average molecular weight is 353 g/mol. The van der Waals surface area contributed by atoms with E-state index in [0.717, 1.165) is 34.0 Å². The molecule has 0 saturated carbocycles. The Hall–Kier alpha value is -1.42. The van der Waals surface area contributed by atoms with Crippen molar-refractivity contribution in [1.82, 2.24) is 0 Å². The molecule has 2 aromatic carbocycles. The SMILES string of the molecule is COc1c(OCCCCCCBr)ccc2cc(O)ccc12. The summed E-state index contributed by atoms with van der Waals surface area (Å²) in [5.74, 6) is 1.74. The van der Waals surface area contributed by atoms with E-state index in [2.05, 4.69) is 15.9 Å². The van der Waals surface area contributed by atoms with Crippen molar-refractivity contribution >= 4 is 26.7 Å². The van der Waals surface area contributed by atoms with Gasteiger partial charge in [-0.3, -0.25) is 0 Å². The van der Waals surface area contributed by atoms with Crippen LogP contribution in [-0.4, -0.2) is 24.2 Å². The van der Waals surface area contributed by atoms with Crippen molar-refractivity contribution in [2.24, 2.45) is 0 Å². The van der Waals surface area contributed by atoms with Crippen LogP contribution in [0.1, 0.15) is 25.7 Å². The van der Waals surface area contributed by atoms with Crippen molar-refractivity contribution in [3.63, 3.8) is 0 Å². The molecule has 0 radical (unpaired) electrons. The number of alkyl halides is 1. The van der Waals surface area contributed by atoms with Gasteiger partial charge in [0.05, 0.1) is 13.7 Å². The lowest BCUT2D eigenvalue weighted by molar-refractivity contribution is 0.286. The van der Waals surface area contributed by atoms with E-state index in [0.29, 0.717) is 6.61 Å². The van der Waals surface area contributed by atoms with Gasteiger partial charge in [0.15, 0.2) is 11.5 Å². The number of halogens is 1. The maximum Gasteiger partial charge on any atom is 0.168 e. The zero-order chi connectivity index (χ0) is 15.1. The Labute approximate surface area is 134 Å². The smallest absolute Gasteiger partial charge is 0.168 e. The summed E-state index contributed by atoms with van der Waals surface area (Å²) in [7, 11) is 1.64. The summed E-state index contributed by atoms with van der Waals surface area (Å²) in [5.41, 5.74) is 0. The molecule has 2 rings (SSSR count). The molecule has 0 aliphatic heterocycles. The van der Waals surface area contributed by atoms with Gasteiger partial charge < -0.3 is 14.6 Å². The fourth-order valence-corrected chi connectivity index (χ4v) is 2.72. The minimum absolute atomic E-state index is 0.255. The van der Waals surface area contributed by atoms with E-state index in [9.17, 15) is 5.11 Å². The summed E-state index contributed by atoms with van der Waals surface area (Å²) in [4.78, 5) is 0. The molecule has 0 aliphatic rings. The molecule has 0 heterocycles. The molecule has 0 aliphatic carbocycles. The Morgan fingerprint density at radius 3 is 2.62 bits per heavy atom.